The van der Waals surface area contributed by atoms with Crippen molar-refractivity contribution in [2.45, 2.75) is 24.4 Å². The van der Waals surface area contributed by atoms with E-state index in [1.807, 2.05) is 35.7 Å². The van der Waals surface area contributed by atoms with E-state index in [0.717, 1.165) is 33.7 Å². The van der Waals surface area contributed by atoms with Crippen LogP contribution in [-0.2, 0) is 12.3 Å². The first-order valence-corrected chi connectivity index (χ1v) is 8.77. The van der Waals surface area contributed by atoms with E-state index in [-0.39, 0.29) is 0 Å². The molecule has 0 saturated carbocycles. The summed E-state index contributed by atoms with van der Waals surface area (Å²) in [4.78, 5) is 1.13. The maximum absolute atomic E-state index is 8.96. The molecule has 0 spiro atoms. The molecule has 0 radical (unpaired) electrons. The summed E-state index contributed by atoms with van der Waals surface area (Å²) in [6.45, 7) is 2.93. The highest BCUT2D eigenvalue weighted by atomic mass is 32.2. The van der Waals surface area contributed by atoms with Gasteiger partial charge in [0.1, 0.15) is 0 Å². The largest absolute Gasteiger partial charge is 0.302 e. The Morgan fingerprint density at radius 1 is 1.27 bits per heavy atom. The van der Waals surface area contributed by atoms with Crippen molar-refractivity contribution in [3.05, 3.63) is 52.9 Å². The van der Waals surface area contributed by atoms with E-state index in [1.54, 1.807) is 23.1 Å². The summed E-state index contributed by atoms with van der Waals surface area (Å²) in [5.74, 6) is 1.70. The second-order valence-electron chi connectivity index (χ2n) is 4.63. The predicted octanol–water partition coefficient (Wildman–Crippen LogP) is 4.19. The molecule has 6 heteroatoms. The van der Waals surface area contributed by atoms with Gasteiger partial charge in [-0.15, -0.1) is 21.5 Å². The summed E-state index contributed by atoms with van der Waals surface area (Å²) in [6, 6.07) is 13.9. The Morgan fingerprint density at radius 2 is 2.18 bits per heavy atom. The number of benzene rings is 1. The lowest BCUT2D eigenvalue weighted by Gasteiger charge is -2.06. The topological polar surface area (TPSA) is 54.5 Å². The first-order chi connectivity index (χ1) is 10.8. The zero-order valence-corrected chi connectivity index (χ0v) is 13.7. The lowest BCUT2D eigenvalue weighted by Crippen LogP contribution is -1.99. The third kappa shape index (κ3) is 3.06. The number of thiophene rings is 1. The molecule has 2 heterocycles. The summed E-state index contributed by atoms with van der Waals surface area (Å²) in [5.41, 5.74) is 1.81. The van der Waals surface area contributed by atoms with Crippen LogP contribution in [0.25, 0.3) is 10.7 Å². The smallest absolute Gasteiger partial charge is 0.191 e. The molecule has 0 aliphatic rings. The zero-order chi connectivity index (χ0) is 15.4. The quantitative estimate of drug-likeness (QED) is 0.660. The molecule has 110 valence electrons. The van der Waals surface area contributed by atoms with Crippen LogP contribution in [0.15, 0.2) is 46.9 Å². The standard InChI is InChI=1S/C16H14N4S2/c1-2-20-15(14-7-4-8-21-14)18-19-16(20)22-11-13-6-3-5-12(9-13)10-17/h3-9H,2,11H2,1H3. The summed E-state index contributed by atoms with van der Waals surface area (Å²) in [7, 11) is 0. The van der Waals surface area contributed by atoms with Gasteiger partial charge in [0.05, 0.1) is 16.5 Å². The fourth-order valence-electron chi connectivity index (χ4n) is 2.15. The van der Waals surface area contributed by atoms with Crippen LogP contribution >= 0.6 is 23.1 Å². The Bertz CT molecular complexity index is 800. The van der Waals surface area contributed by atoms with Crippen LogP contribution in [0.4, 0.5) is 0 Å². The average molecular weight is 326 g/mol. The third-order valence-corrected chi connectivity index (χ3v) is 5.10. The molecule has 0 atom stereocenters. The highest BCUT2D eigenvalue weighted by Gasteiger charge is 2.13. The van der Waals surface area contributed by atoms with E-state index in [0.29, 0.717) is 5.56 Å². The van der Waals surface area contributed by atoms with E-state index >= 15 is 0 Å². The second kappa shape index (κ2) is 6.77. The molecular weight excluding hydrogens is 312 g/mol. The van der Waals surface area contributed by atoms with Gasteiger partial charge < -0.3 is 4.57 Å². The minimum Gasteiger partial charge on any atom is -0.302 e. The Hall–Kier alpha value is -2.10. The van der Waals surface area contributed by atoms with Gasteiger partial charge in [-0.3, -0.25) is 0 Å². The van der Waals surface area contributed by atoms with Crippen molar-refractivity contribution in [3.63, 3.8) is 0 Å². The first-order valence-electron chi connectivity index (χ1n) is 6.90. The second-order valence-corrected chi connectivity index (χ2v) is 6.52. The van der Waals surface area contributed by atoms with Crippen LogP contribution in [0.2, 0.25) is 0 Å². The maximum Gasteiger partial charge on any atom is 0.191 e. The Kier molecular flexibility index (Phi) is 4.56. The fourth-order valence-corrected chi connectivity index (χ4v) is 3.81. The number of hydrogen-bond acceptors (Lipinski definition) is 5. The number of nitrogens with zero attached hydrogens (tertiary/aromatic N) is 4. The lowest BCUT2D eigenvalue weighted by atomic mass is 10.2. The number of hydrogen-bond donors (Lipinski definition) is 0. The molecule has 2 aromatic heterocycles. The van der Waals surface area contributed by atoms with Gasteiger partial charge in [0.2, 0.25) is 0 Å². The monoisotopic (exact) mass is 326 g/mol. The van der Waals surface area contributed by atoms with Crippen LogP contribution in [0.1, 0.15) is 18.1 Å². The molecule has 0 fully saturated rings. The van der Waals surface area contributed by atoms with Crippen LogP contribution in [0.3, 0.4) is 0 Å². The number of aromatic nitrogens is 3. The van der Waals surface area contributed by atoms with E-state index in [1.165, 1.54) is 0 Å². The number of thioether (sulfide) groups is 1. The van der Waals surface area contributed by atoms with Crippen LogP contribution in [0.5, 0.6) is 0 Å². The molecule has 0 N–H and O–H groups in total. The van der Waals surface area contributed by atoms with Crippen molar-refractivity contribution in [3.8, 4) is 16.8 Å². The Labute approximate surface area is 137 Å². The molecule has 0 unspecified atom stereocenters. The lowest BCUT2D eigenvalue weighted by molar-refractivity contribution is 0.688. The Morgan fingerprint density at radius 3 is 2.91 bits per heavy atom. The molecule has 22 heavy (non-hydrogen) atoms. The van der Waals surface area contributed by atoms with Crippen molar-refractivity contribution in [1.82, 2.24) is 14.8 Å². The highest BCUT2D eigenvalue weighted by Crippen LogP contribution is 2.28. The fraction of sp³-hybridized carbons (Fsp3) is 0.188. The van der Waals surface area contributed by atoms with Gasteiger partial charge in [-0.1, -0.05) is 30.0 Å². The van der Waals surface area contributed by atoms with Gasteiger partial charge in [-0.2, -0.15) is 5.26 Å². The van der Waals surface area contributed by atoms with Crippen molar-refractivity contribution >= 4 is 23.1 Å². The van der Waals surface area contributed by atoms with E-state index < -0.39 is 0 Å². The summed E-state index contributed by atoms with van der Waals surface area (Å²) >= 11 is 3.32. The third-order valence-electron chi connectivity index (χ3n) is 3.20. The normalized spacial score (nSPS) is 10.5. The van der Waals surface area contributed by atoms with Gasteiger partial charge in [-0.05, 0) is 36.1 Å². The summed E-state index contributed by atoms with van der Waals surface area (Å²) in [6.07, 6.45) is 0. The number of rotatable bonds is 5. The number of nitriles is 1. The van der Waals surface area contributed by atoms with Gasteiger partial charge in [0, 0.05) is 12.3 Å². The van der Waals surface area contributed by atoms with E-state index in [4.69, 9.17) is 5.26 Å². The van der Waals surface area contributed by atoms with E-state index in [9.17, 15) is 0 Å². The summed E-state index contributed by atoms with van der Waals surface area (Å²) < 4.78 is 2.13. The van der Waals surface area contributed by atoms with E-state index in [2.05, 4.69) is 33.8 Å². The molecule has 1 aromatic carbocycles. The van der Waals surface area contributed by atoms with Crippen molar-refractivity contribution in [2.75, 3.05) is 0 Å². The molecule has 0 saturated heterocycles. The van der Waals surface area contributed by atoms with Crippen LogP contribution in [0, 0.1) is 11.3 Å². The van der Waals surface area contributed by atoms with Gasteiger partial charge in [0.25, 0.3) is 0 Å². The van der Waals surface area contributed by atoms with Crippen molar-refractivity contribution in [2.24, 2.45) is 0 Å². The predicted molar refractivity (Wildman–Crippen MR) is 89.7 cm³/mol. The molecule has 0 aliphatic carbocycles. The molecule has 0 bridgehead atoms. The van der Waals surface area contributed by atoms with Crippen molar-refractivity contribution < 1.29 is 0 Å². The zero-order valence-electron chi connectivity index (χ0n) is 12.1. The first kappa shape index (κ1) is 14.8. The maximum atomic E-state index is 8.96. The molecule has 3 aromatic rings. The molecule has 4 nitrogen and oxygen atoms in total. The Balaban J connectivity index is 1.80. The van der Waals surface area contributed by atoms with Crippen molar-refractivity contribution in [1.29, 1.82) is 5.26 Å². The van der Waals surface area contributed by atoms with Crippen LogP contribution in [-0.4, -0.2) is 14.8 Å². The molecule has 0 aliphatic heterocycles. The SMILES string of the molecule is CCn1c(SCc2cccc(C#N)c2)nnc1-c1cccs1. The molecular formula is C16H14N4S2. The van der Waals surface area contributed by atoms with Gasteiger partial charge >= 0.3 is 0 Å². The highest BCUT2D eigenvalue weighted by molar-refractivity contribution is 7.98. The minimum atomic E-state index is 0.689. The molecule has 3 rings (SSSR count). The average Bonchev–Trinajstić information content (AvgIpc) is 3.21. The molecule has 0 amide bonds. The van der Waals surface area contributed by atoms with Gasteiger partial charge in [0.15, 0.2) is 11.0 Å². The van der Waals surface area contributed by atoms with Crippen LogP contribution < -0.4 is 0 Å². The summed E-state index contributed by atoms with van der Waals surface area (Å²) in [5, 5.41) is 20.6. The van der Waals surface area contributed by atoms with Gasteiger partial charge in [-0.25, -0.2) is 0 Å². The minimum absolute atomic E-state index is 0.689.